The van der Waals surface area contributed by atoms with Gasteiger partial charge in [-0.1, -0.05) is 22.8 Å². The number of hydrogen-bond acceptors (Lipinski definition) is 3. The third kappa shape index (κ3) is 3.96. The largest absolute Gasteiger partial charge is 0.409 e. The normalized spacial score (nSPS) is 11.3. The van der Waals surface area contributed by atoms with Gasteiger partial charge in [-0.15, -0.1) is 0 Å². The maximum absolute atomic E-state index is 11.9. The summed E-state index contributed by atoms with van der Waals surface area (Å²) in [6, 6.07) is 6.71. The number of carbonyl (C=O) groups is 1. The Morgan fingerprint density at radius 1 is 1.59 bits per heavy atom. The summed E-state index contributed by atoms with van der Waals surface area (Å²) in [4.78, 5) is 13.4. The van der Waals surface area contributed by atoms with E-state index in [1.54, 1.807) is 31.3 Å². The first-order chi connectivity index (χ1) is 8.04. The lowest BCUT2D eigenvalue weighted by Crippen LogP contribution is -2.30. The molecule has 1 rings (SSSR count). The van der Waals surface area contributed by atoms with Crippen LogP contribution in [0.4, 0.5) is 0 Å². The van der Waals surface area contributed by atoms with Gasteiger partial charge in [0.15, 0.2) is 0 Å². The molecule has 0 fully saturated rings. The molecule has 0 heterocycles. The molecule has 0 radical (unpaired) electrons. The van der Waals surface area contributed by atoms with E-state index in [0.29, 0.717) is 23.6 Å². The number of benzene rings is 1. The SMILES string of the molecule is CN(CC/C(N)=N/O)C(=O)c1cccc(Cl)c1. The van der Waals surface area contributed by atoms with Crippen molar-refractivity contribution >= 4 is 23.3 Å². The van der Waals surface area contributed by atoms with E-state index in [-0.39, 0.29) is 11.7 Å². The van der Waals surface area contributed by atoms with Gasteiger partial charge in [0.1, 0.15) is 5.84 Å². The van der Waals surface area contributed by atoms with Gasteiger partial charge < -0.3 is 15.8 Å². The van der Waals surface area contributed by atoms with Crippen molar-refractivity contribution in [3.8, 4) is 0 Å². The van der Waals surface area contributed by atoms with Gasteiger partial charge >= 0.3 is 0 Å². The average Bonchev–Trinajstić information content (AvgIpc) is 2.34. The fraction of sp³-hybridized carbons (Fsp3) is 0.273. The molecule has 0 spiro atoms. The zero-order valence-corrected chi connectivity index (χ0v) is 10.2. The van der Waals surface area contributed by atoms with E-state index in [9.17, 15) is 4.79 Å². The number of carbonyl (C=O) groups excluding carboxylic acids is 1. The summed E-state index contributed by atoms with van der Waals surface area (Å²) in [5.74, 6) is -0.0611. The van der Waals surface area contributed by atoms with Crippen LogP contribution in [0.5, 0.6) is 0 Å². The van der Waals surface area contributed by atoms with Crippen molar-refractivity contribution < 1.29 is 10.0 Å². The highest BCUT2D eigenvalue weighted by atomic mass is 35.5. The molecule has 0 aliphatic rings. The lowest BCUT2D eigenvalue weighted by Gasteiger charge is -2.16. The molecule has 0 bridgehead atoms. The quantitative estimate of drug-likeness (QED) is 0.371. The highest BCUT2D eigenvalue weighted by molar-refractivity contribution is 6.30. The lowest BCUT2D eigenvalue weighted by molar-refractivity contribution is 0.0798. The molecule has 0 aromatic heterocycles. The maximum atomic E-state index is 11.9. The monoisotopic (exact) mass is 255 g/mol. The number of rotatable bonds is 4. The molecular formula is C11H14ClN3O2. The van der Waals surface area contributed by atoms with Crippen LogP contribution in [0.25, 0.3) is 0 Å². The Bertz CT molecular complexity index is 434. The van der Waals surface area contributed by atoms with Crippen molar-refractivity contribution in [3.05, 3.63) is 34.9 Å². The highest BCUT2D eigenvalue weighted by Crippen LogP contribution is 2.12. The molecule has 3 N–H and O–H groups in total. The summed E-state index contributed by atoms with van der Waals surface area (Å²) in [5.41, 5.74) is 5.84. The van der Waals surface area contributed by atoms with Crippen molar-refractivity contribution in [1.82, 2.24) is 4.90 Å². The van der Waals surface area contributed by atoms with Gasteiger partial charge in [0.25, 0.3) is 5.91 Å². The molecule has 0 unspecified atom stereocenters. The van der Waals surface area contributed by atoms with Crippen molar-refractivity contribution in [1.29, 1.82) is 0 Å². The van der Waals surface area contributed by atoms with Gasteiger partial charge in [-0.25, -0.2) is 0 Å². The van der Waals surface area contributed by atoms with E-state index in [2.05, 4.69) is 5.16 Å². The molecule has 1 aromatic carbocycles. The van der Waals surface area contributed by atoms with Gasteiger partial charge in [-0.05, 0) is 18.2 Å². The van der Waals surface area contributed by atoms with Gasteiger partial charge in [0.05, 0.1) is 0 Å². The zero-order chi connectivity index (χ0) is 12.8. The Balaban J connectivity index is 2.64. The molecule has 92 valence electrons. The third-order valence-corrected chi connectivity index (χ3v) is 2.49. The summed E-state index contributed by atoms with van der Waals surface area (Å²) in [6.07, 6.45) is 0.319. The molecule has 0 aliphatic heterocycles. The van der Waals surface area contributed by atoms with Gasteiger partial charge in [-0.3, -0.25) is 4.79 Å². The summed E-state index contributed by atoms with van der Waals surface area (Å²) in [5, 5.41) is 11.7. The Hall–Kier alpha value is -1.75. The van der Waals surface area contributed by atoms with Crippen LogP contribution >= 0.6 is 11.6 Å². The molecule has 0 saturated carbocycles. The standard InChI is InChI=1S/C11H14ClN3O2/c1-15(6-5-10(13)14-17)11(16)8-3-2-4-9(12)7-8/h2-4,7,17H,5-6H2,1H3,(H2,13,14). The van der Waals surface area contributed by atoms with Crippen LogP contribution in [-0.4, -0.2) is 35.4 Å². The van der Waals surface area contributed by atoms with E-state index >= 15 is 0 Å². The minimum Gasteiger partial charge on any atom is -0.409 e. The zero-order valence-electron chi connectivity index (χ0n) is 9.43. The number of amidine groups is 1. The molecule has 1 amide bonds. The second kappa shape index (κ2) is 6.10. The first-order valence-corrected chi connectivity index (χ1v) is 5.40. The van der Waals surface area contributed by atoms with Crippen molar-refractivity contribution in [2.45, 2.75) is 6.42 Å². The number of hydrogen-bond donors (Lipinski definition) is 2. The van der Waals surface area contributed by atoms with Crippen LogP contribution in [0, 0.1) is 0 Å². The fourth-order valence-electron chi connectivity index (χ4n) is 1.28. The first kappa shape index (κ1) is 13.3. The second-order valence-corrected chi connectivity index (χ2v) is 4.01. The number of halogens is 1. The Morgan fingerprint density at radius 2 is 2.29 bits per heavy atom. The van der Waals surface area contributed by atoms with Crippen LogP contribution < -0.4 is 5.73 Å². The smallest absolute Gasteiger partial charge is 0.253 e. The van der Waals surface area contributed by atoms with E-state index in [4.69, 9.17) is 22.5 Å². The number of nitrogens with zero attached hydrogens (tertiary/aromatic N) is 2. The number of amides is 1. The van der Waals surface area contributed by atoms with Crippen molar-refractivity contribution in [2.24, 2.45) is 10.9 Å². The predicted molar refractivity (Wildman–Crippen MR) is 66.4 cm³/mol. The molecule has 5 nitrogen and oxygen atoms in total. The Morgan fingerprint density at radius 3 is 2.88 bits per heavy atom. The molecular weight excluding hydrogens is 242 g/mol. The molecule has 0 aliphatic carbocycles. The lowest BCUT2D eigenvalue weighted by atomic mass is 10.2. The van der Waals surface area contributed by atoms with Crippen LogP contribution in [0.2, 0.25) is 5.02 Å². The third-order valence-electron chi connectivity index (χ3n) is 2.25. The molecule has 0 saturated heterocycles. The molecule has 17 heavy (non-hydrogen) atoms. The average molecular weight is 256 g/mol. The fourth-order valence-corrected chi connectivity index (χ4v) is 1.47. The Kier molecular flexibility index (Phi) is 4.78. The second-order valence-electron chi connectivity index (χ2n) is 3.58. The molecule has 6 heteroatoms. The van der Waals surface area contributed by atoms with Gasteiger partial charge in [0.2, 0.25) is 0 Å². The van der Waals surface area contributed by atoms with Gasteiger partial charge in [0, 0.05) is 30.6 Å². The summed E-state index contributed by atoms with van der Waals surface area (Å²) in [6.45, 7) is 0.376. The van der Waals surface area contributed by atoms with Crippen molar-refractivity contribution in [3.63, 3.8) is 0 Å². The van der Waals surface area contributed by atoms with Crippen LogP contribution in [0.1, 0.15) is 16.8 Å². The Labute approximate surface area is 104 Å². The first-order valence-electron chi connectivity index (χ1n) is 5.02. The highest BCUT2D eigenvalue weighted by Gasteiger charge is 2.11. The minimum atomic E-state index is -0.154. The number of oxime groups is 1. The molecule has 1 aromatic rings. The predicted octanol–water partition coefficient (Wildman–Crippen LogP) is 1.55. The summed E-state index contributed by atoms with van der Waals surface area (Å²) < 4.78 is 0. The van der Waals surface area contributed by atoms with E-state index in [1.807, 2.05) is 0 Å². The van der Waals surface area contributed by atoms with E-state index in [0.717, 1.165) is 0 Å². The van der Waals surface area contributed by atoms with Crippen molar-refractivity contribution in [2.75, 3.05) is 13.6 Å². The van der Waals surface area contributed by atoms with E-state index < -0.39 is 0 Å². The van der Waals surface area contributed by atoms with Gasteiger partial charge in [-0.2, -0.15) is 0 Å². The topological polar surface area (TPSA) is 78.9 Å². The van der Waals surface area contributed by atoms with Crippen LogP contribution in [0.15, 0.2) is 29.4 Å². The summed E-state index contributed by atoms with van der Waals surface area (Å²) in [7, 11) is 1.65. The maximum Gasteiger partial charge on any atom is 0.253 e. The van der Waals surface area contributed by atoms with Crippen LogP contribution in [0.3, 0.4) is 0 Å². The minimum absolute atomic E-state index is 0.0933. The van der Waals surface area contributed by atoms with Crippen LogP contribution in [-0.2, 0) is 0 Å². The molecule has 0 atom stereocenters. The summed E-state index contributed by atoms with van der Waals surface area (Å²) >= 11 is 5.80. The van der Waals surface area contributed by atoms with E-state index in [1.165, 1.54) is 4.90 Å². The number of nitrogens with two attached hydrogens (primary N) is 1.